The zero-order valence-corrected chi connectivity index (χ0v) is 14.5. The Hall–Kier alpha value is -1.44. The Balaban J connectivity index is 1.61. The number of methoxy groups -OCH3 is 1. The average Bonchev–Trinajstić information content (AvgIpc) is 3.14. The molecule has 1 saturated carbocycles. The Morgan fingerprint density at radius 2 is 2.29 bits per heavy atom. The topological polar surface area (TPSA) is 76.8 Å². The van der Waals surface area contributed by atoms with E-state index in [4.69, 9.17) is 14.6 Å². The van der Waals surface area contributed by atoms with Gasteiger partial charge >= 0.3 is 5.97 Å². The summed E-state index contributed by atoms with van der Waals surface area (Å²) >= 11 is 0. The van der Waals surface area contributed by atoms with Crippen molar-refractivity contribution in [1.82, 2.24) is 14.7 Å². The highest BCUT2D eigenvalue weighted by atomic mass is 16.5. The summed E-state index contributed by atoms with van der Waals surface area (Å²) in [5.74, 6) is -0.907. The van der Waals surface area contributed by atoms with Crippen molar-refractivity contribution < 1.29 is 19.4 Å². The summed E-state index contributed by atoms with van der Waals surface area (Å²) in [4.78, 5) is 13.2. The second-order valence-corrected chi connectivity index (χ2v) is 6.89. The number of likely N-dealkylation sites (tertiary alicyclic amines) is 1. The lowest BCUT2D eigenvalue weighted by Crippen LogP contribution is -2.52. The molecule has 7 nitrogen and oxygen atoms in total. The van der Waals surface area contributed by atoms with Crippen molar-refractivity contribution in [2.75, 3.05) is 26.8 Å². The zero-order valence-electron chi connectivity index (χ0n) is 14.5. The molecule has 1 aromatic rings. The fraction of sp³-hybridized carbons (Fsp3) is 0.765. The summed E-state index contributed by atoms with van der Waals surface area (Å²) < 4.78 is 13.5. The molecule has 24 heavy (non-hydrogen) atoms. The summed E-state index contributed by atoms with van der Waals surface area (Å²) in [6.45, 7) is 4.55. The highest BCUT2D eigenvalue weighted by Gasteiger charge is 2.51. The average molecular weight is 337 g/mol. The van der Waals surface area contributed by atoms with E-state index in [0.29, 0.717) is 0 Å². The third-order valence-electron chi connectivity index (χ3n) is 5.49. The van der Waals surface area contributed by atoms with Crippen LogP contribution < -0.4 is 0 Å². The molecule has 1 saturated heterocycles. The molecule has 0 bridgehead atoms. The summed E-state index contributed by atoms with van der Waals surface area (Å²) in [7, 11) is 1.80. The molecule has 3 atom stereocenters. The molecule has 1 aliphatic heterocycles. The van der Waals surface area contributed by atoms with E-state index in [0.717, 1.165) is 51.0 Å². The van der Waals surface area contributed by atoms with Crippen LogP contribution in [0.2, 0.25) is 0 Å². The summed E-state index contributed by atoms with van der Waals surface area (Å²) in [6, 6.07) is 2.30. The Morgan fingerprint density at radius 3 is 2.96 bits per heavy atom. The predicted molar refractivity (Wildman–Crippen MR) is 87.9 cm³/mol. The second-order valence-electron chi connectivity index (χ2n) is 6.89. The van der Waals surface area contributed by atoms with E-state index in [1.54, 1.807) is 7.11 Å². The minimum atomic E-state index is -0.907. The Morgan fingerprint density at radius 1 is 1.46 bits per heavy atom. The van der Waals surface area contributed by atoms with Gasteiger partial charge in [-0.3, -0.25) is 9.58 Å². The molecular formula is C17H27N3O4. The molecule has 7 heteroatoms. The Kier molecular flexibility index (Phi) is 5.22. The molecule has 2 heterocycles. The van der Waals surface area contributed by atoms with Crippen molar-refractivity contribution in [2.24, 2.45) is 0 Å². The number of hydrogen-bond acceptors (Lipinski definition) is 5. The van der Waals surface area contributed by atoms with Crippen molar-refractivity contribution in [2.45, 2.75) is 56.9 Å². The molecule has 0 unspecified atom stereocenters. The van der Waals surface area contributed by atoms with Gasteiger partial charge in [0.2, 0.25) is 0 Å². The van der Waals surface area contributed by atoms with Crippen molar-refractivity contribution in [3.8, 4) is 0 Å². The molecular weight excluding hydrogens is 310 g/mol. The summed E-state index contributed by atoms with van der Waals surface area (Å²) in [5, 5.41) is 13.3. The van der Waals surface area contributed by atoms with Crippen molar-refractivity contribution in [3.05, 3.63) is 18.0 Å². The lowest BCUT2D eigenvalue weighted by atomic mass is 9.79. The van der Waals surface area contributed by atoms with Crippen LogP contribution in [0.1, 0.15) is 31.4 Å². The third-order valence-corrected chi connectivity index (χ3v) is 5.49. The van der Waals surface area contributed by atoms with Crippen LogP contribution in [0.5, 0.6) is 0 Å². The minimum absolute atomic E-state index is 0.00178. The van der Waals surface area contributed by atoms with Gasteiger partial charge in [-0.15, -0.1) is 0 Å². The molecule has 0 spiro atoms. The highest BCUT2D eigenvalue weighted by Crippen LogP contribution is 2.43. The maximum atomic E-state index is 10.7. The predicted octanol–water partition coefficient (Wildman–Crippen LogP) is 1.30. The first kappa shape index (κ1) is 17.4. The molecule has 0 aromatic carbocycles. The van der Waals surface area contributed by atoms with Crippen molar-refractivity contribution in [3.63, 3.8) is 0 Å². The molecule has 3 rings (SSSR count). The summed E-state index contributed by atoms with van der Waals surface area (Å²) in [6.07, 6.45) is 5.66. The largest absolute Gasteiger partial charge is 0.480 e. The normalized spacial score (nSPS) is 30.4. The number of hydrogen-bond donors (Lipinski definition) is 1. The number of nitrogens with zero attached hydrogens (tertiary/aromatic N) is 3. The Bertz CT molecular complexity index is 576. The van der Waals surface area contributed by atoms with Gasteiger partial charge in [0.25, 0.3) is 0 Å². The second kappa shape index (κ2) is 7.21. The lowest BCUT2D eigenvalue weighted by molar-refractivity contribution is -0.148. The van der Waals surface area contributed by atoms with Crippen LogP contribution in [0.25, 0.3) is 0 Å². The number of carbonyl (C=O) groups is 1. The quantitative estimate of drug-likeness (QED) is 0.808. The van der Waals surface area contributed by atoms with Crippen LogP contribution in [0.15, 0.2) is 12.3 Å². The zero-order chi connectivity index (χ0) is 17.2. The van der Waals surface area contributed by atoms with Crippen LogP contribution in [0, 0.1) is 6.92 Å². The van der Waals surface area contributed by atoms with Gasteiger partial charge < -0.3 is 14.6 Å². The SMILES string of the molecule is CO[C@@]12CC[C@H](OCC(=O)O)C[C@@H]1N(CCn1ccc(C)n1)CC2. The van der Waals surface area contributed by atoms with Crippen LogP contribution in [0.4, 0.5) is 0 Å². The van der Waals surface area contributed by atoms with Gasteiger partial charge in [0, 0.05) is 32.4 Å². The molecule has 0 radical (unpaired) electrons. The maximum Gasteiger partial charge on any atom is 0.329 e. The van der Waals surface area contributed by atoms with E-state index in [2.05, 4.69) is 10.00 Å². The van der Waals surface area contributed by atoms with E-state index in [1.807, 2.05) is 23.9 Å². The highest BCUT2D eigenvalue weighted by molar-refractivity contribution is 5.68. The molecule has 2 fully saturated rings. The number of carboxylic acid groups (broad SMARTS) is 1. The van der Waals surface area contributed by atoms with Gasteiger partial charge in [0.1, 0.15) is 6.61 Å². The van der Waals surface area contributed by atoms with Gasteiger partial charge in [-0.2, -0.15) is 5.10 Å². The van der Waals surface area contributed by atoms with Crippen LogP contribution in [0.3, 0.4) is 0 Å². The van der Waals surface area contributed by atoms with Crippen molar-refractivity contribution in [1.29, 1.82) is 0 Å². The summed E-state index contributed by atoms with van der Waals surface area (Å²) in [5.41, 5.74) is 0.922. The standard InChI is InChI=1S/C17H27N3O4/c1-13-4-7-20(18-13)10-9-19-8-6-17(23-2)5-3-14(11-15(17)19)24-12-16(21)22/h4,7,14-15H,3,5-6,8-12H2,1-2H3,(H,21,22)/t14-,15-,17+/m0/s1. The first-order valence-corrected chi connectivity index (χ1v) is 8.65. The van der Waals surface area contributed by atoms with E-state index in [1.165, 1.54) is 0 Å². The fourth-order valence-corrected chi connectivity index (χ4v) is 4.18. The monoisotopic (exact) mass is 337 g/mol. The third kappa shape index (κ3) is 3.63. The lowest BCUT2D eigenvalue weighted by Gasteiger charge is -2.43. The molecule has 1 N–H and O–H groups in total. The first-order valence-electron chi connectivity index (χ1n) is 8.65. The van der Waals surface area contributed by atoms with Crippen molar-refractivity contribution >= 4 is 5.97 Å². The van der Waals surface area contributed by atoms with Crippen LogP contribution >= 0.6 is 0 Å². The maximum absolute atomic E-state index is 10.7. The van der Waals surface area contributed by atoms with Gasteiger partial charge in [-0.05, 0) is 38.7 Å². The van der Waals surface area contributed by atoms with E-state index >= 15 is 0 Å². The van der Waals surface area contributed by atoms with Gasteiger partial charge in [0.15, 0.2) is 0 Å². The van der Waals surface area contributed by atoms with Gasteiger partial charge in [-0.25, -0.2) is 4.79 Å². The van der Waals surface area contributed by atoms with E-state index < -0.39 is 5.97 Å². The first-order chi connectivity index (χ1) is 11.5. The van der Waals surface area contributed by atoms with E-state index in [9.17, 15) is 4.79 Å². The number of ether oxygens (including phenoxy) is 2. The smallest absolute Gasteiger partial charge is 0.329 e. The number of rotatable bonds is 7. The minimum Gasteiger partial charge on any atom is -0.480 e. The molecule has 2 aliphatic rings. The number of aliphatic carboxylic acids is 1. The number of carboxylic acids is 1. The van der Waals surface area contributed by atoms with E-state index in [-0.39, 0.29) is 24.4 Å². The molecule has 1 aromatic heterocycles. The fourth-order valence-electron chi connectivity index (χ4n) is 4.18. The molecule has 134 valence electrons. The number of aryl methyl sites for hydroxylation is 1. The number of aromatic nitrogens is 2. The van der Waals surface area contributed by atoms with Gasteiger partial charge in [-0.1, -0.05) is 0 Å². The Labute approximate surface area is 142 Å². The van der Waals surface area contributed by atoms with Gasteiger partial charge in [0.05, 0.1) is 23.9 Å². The van der Waals surface area contributed by atoms with Crippen LogP contribution in [-0.2, 0) is 20.8 Å². The molecule has 0 amide bonds. The molecule has 1 aliphatic carbocycles. The van der Waals surface area contributed by atoms with Crippen LogP contribution in [-0.4, -0.2) is 70.3 Å². The number of fused-ring (bicyclic) bond motifs is 1.